The van der Waals surface area contributed by atoms with Gasteiger partial charge in [0.05, 0.1) is 5.52 Å². The summed E-state index contributed by atoms with van der Waals surface area (Å²) in [5.41, 5.74) is 2.09. The minimum Gasteiger partial charge on any atom is -0.256 e. The van der Waals surface area contributed by atoms with E-state index < -0.39 is 0 Å². The molecule has 0 bridgehead atoms. The van der Waals surface area contributed by atoms with Crippen LogP contribution in [0, 0.1) is 10.8 Å². The molecule has 0 saturated heterocycles. The van der Waals surface area contributed by atoms with Crippen LogP contribution in [0.25, 0.3) is 21.7 Å². The van der Waals surface area contributed by atoms with Crippen LogP contribution < -0.4 is 0 Å². The lowest BCUT2D eigenvalue weighted by atomic mass is 10.0. The summed E-state index contributed by atoms with van der Waals surface area (Å²) >= 11 is 0. The molecule has 0 amide bonds. The largest absolute Gasteiger partial charge is 0.256 e. The van der Waals surface area contributed by atoms with E-state index in [1.54, 1.807) is 0 Å². The lowest BCUT2D eigenvalue weighted by Gasteiger charge is -2.05. The number of benzene rings is 2. The van der Waals surface area contributed by atoms with E-state index in [9.17, 15) is 0 Å². The van der Waals surface area contributed by atoms with Gasteiger partial charge in [0.25, 0.3) is 0 Å². The van der Waals surface area contributed by atoms with Crippen molar-refractivity contribution in [2.75, 3.05) is 0 Å². The van der Waals surface area contributed by atoms with Crippen LogP contribution in [0.4, 0.5) is 0 Å². The molecular formula is C25H39N. The monoisotopic (exact) mass is 353 g/mol. The van der Waals surface area contributed by atoms with Gasteiger partial charge in [0.15, 0.2) is 0 Å². The van der Waals surface area contributed by atoms with Crippen molar-refractivity contribution in [1.29, 1.82) is 0 Å². The number of fused-ring (bicyclic) bond motifs is 3. The molecule has 3 rings (SSSR count). The SMILES string of the molecule is CC.CC(C)(C)C.CC(C)(C)C.c1ccc2c(c1)ccc1cccnc12. The lowest BCUT2D eigenvalue weighted by molar-refractivity contribution is 0.469. The van der Waals surface area contributed by atoms with Gasteiger partial charge in [-0.25, -0.2) is 0 Å². The summed E-state index contributed by atoms with van der Waals surface area (Å²) in [6, 6.07) is 16.7. The molecule has 0 aliphatic rings. The Hall–Kier alpha value is -1.89. The molecule has 1 nitrogen and oxygen atoms in total. The summed E-state index contributed by atoms with van der Waals surface area (Å²) in [6.07, 6.45) is 1.84. The second kappa shape index (κ2) is 11.0. The molecule has 26 heavy (non-hydrogen) atoms. The molecule has 0 aliphatic heterocycles. The van der Waals surface area contributed by atoms with Crippen molar-refractivity contribution in [2.24, 2.45) is 10.8 Å². The van der Waals surface area contributed by atoms with E-state index in [4.69, 9.17) is 0 Å². The van der Waals surface area contributed by atoms with Gasteiger partial charge in [-0.3, -0.25) is 4.98 Å². The molecule has 0 spiro atoms. The molecule has 0 atom stereocenters. The van der Waals surface area contributed by atoms with Crippen molar-refractivity contribution in [2.45, 2.75) is 69.2 Å². The summed E-state index contributed by atoms with van der Waals surface area (Å²) in [7, 11) is 0. The minimum atomic E-state index is 0.500. The first-order valence-electron chi connectivity index (χ1n) is 9.68. The van der Waals surface area contributed by atoms with E-state index in [2.05, 4.69) is 103 Å². The maximum absolute atomic E-state index is 4.41. The fourth-order valence-electron chi connectivity index (χ4n) is 1.81. The average molecular weight is 354 g/mol. The van der Waals surface area contributed by atoms with Crippen molar-refractivity contribution in [3.05, 3.63) is 54.7 Å². The van der Waals surface area contributed by atoms with E-state index in [1.165, 1.54) is 16.2 Å². The summed E-state index contributed by atoms with van der Waals surface area (Å²) < 4.78 is 0. The second-order valence-electron chi connectivity index (χ2n) is 9.36. The van der Waals surface area contributed by atoms with Crippen molar-refractivity contribution < 1.29 is 0 Å². The fourth-order valence-corrected chi connectivity index (χ4v) is 1.81. The van der Waals surface area contributed by atoms with Crippen LogP contribution in [-0.2, 0) is 0 Å². The van der Waals surface area contributed by atoms with Gasteiger partial charge in [-0.1, -0.05) is 112 Å². The van der Waals surface area contributed by atoms with Gasteiger partial charge >= 0.3 is 0 Å². The van der Waals surface area contributed by atoms with Crippen LogP contribution in [-0.4, -0.2) is 4.98 Å². The molecule has 2 aromatic carbocycles. The van der Waals surface area contributed by atoms with Crippen molar-refractivity contribution in [3.63, 3.8) is 0 Å². The van der Waals surface area contributed by atoms with Crippen LogP contribution in [0.5, 0.6) is 0 Å². The molecule has 1 aromatic heterocycles. The van der Waals surface area contributed by atoms with Gasteiger partial charge in [0.2, 0.25) is 0 Å². The van der Waals surface area contributed by atoms with Gasteiger partial charge in [-0.15, -0.1) is 0 Å². The average Bonchev–Trinajstić information content (AvgIpc) is 2.54. The van der Waals surface area contributed by atoms with Gasteiger partial charge in [0.1, 0.15) is 0 Å². The molecular weight excluding hydrogens is 314 g/mol. The third-order valence-electron chi connectivity index (χ3n) is 2.50. The van der Waals surface area contributed by atoms with E-state index in [0.717, 1.165) is 5.52 Å². The molecule has 144 valence electrons. The summed E-state index contributed by atoms with van der Waals surface area (Å²) in [4.78, 5) is 4.41. The Balaban J connectivity index is 0.000000439. The van der Waals surface area contributed by atoms with Crippen molar-refractivity contribution >= 4 is 21.7 Å². The van der Waals surface area contributed by atoms with E-state index in [1.807, 2.05) is 26.1 Å². The molecule has 3 aromatic rings. The van der Waals surface area contributed by atoms with E-state index in [-0.39, 0.29) is 0 Å². The predicted octanol–water partition coefficient (Wildman–Crippen LogP) is 8.52. The third-order valence-corrected chi connectivity index (χ3v) is 2.50. The Morgan fingerprint density at radius 1 is 0.577 bits per heavy atom. The number of pyridine rings is 1. The highest BCUT2D eigenvalue weighted by Gasteiger charge is 1.98. The summed E-state index contributed by atoms with van der Waals surface area (Å²) in [5, 5.41) is 3.68. The Kier molecular flexibility index (Phi) is 10.2. The Labute approximate surface area is 161 Å². The predicted molar refractivity (Wildman–Crippen MR) is 121 cm³/mol. The normalized spacial score (nSPS) is 10.7. The van der Waals surface area contributed by atoms with Crippen LogP contribution in [0.3, 0.4) is 0 Å². The lowest BCUT2D eigenvalue weighted by Crippen LogP contribution is -1.93. The Morgan fingerprint density at radius 3 is 1.54 bits per heavy atom. The minimum absolute atomic E-state index is 0.500. The zero-order valence-electron chi connectivity index (χ0n) is 18.6. The highest BCUT2D eigenvalue weighted by atomic mass is 14.6. The summed E-state index contributed by atoms with van der Waals surface area (Å²) in [6.45, 7) is 21.5. The smallest absolute Gasteiger partial charge is 0.0780 e. The van der Waals surface area contributed by atoms with Crippen LogP contribution in [0.15, 0.2) is 54.7 Å². The molecule has 0 fully saturated rings. The molecule has 0 unspecified atom stereocenters. The first-order valence-corrected chi connectivity index (χ1v) is 9.68. The zero-order chi connectivity index (χ0) is 20.4. The van der Waals surface area contributed by atoms with E-state index >= 15 is 0 Å². The third kappa shape index (κ3) is 11.6. The van der Waals surface area contributed by atoms with Crippen LogP contribution in [0.1, 0.15) is 69.2 Å². The fraction of sp³-hybridized carbons (Fsp3) is 0.480. The zero-order valence-corrected chi connectivity index (χ0v) is 18.6. The number of hydrogen-bond donors (Lipinski definition) is 0. The topological polar surface area (TPSA) is 12.9 Å². The maximum atomic E-state index is 4.41. The Morgan fingerprint density at radius 2 is 1.00 bits per heavy atom. The molecule has 1 heterocycles. The maximum Gasteiger partial charge on any atom is 0.0780 e. The van der Waals surface area contributed by atoms with Gasteiger partial charge < -0.3 is 0 Å². The van der Waals surface area contributed by atoms with Gasteiger partial charge in [-0.05, 0) is 22.3 Å². The molecule has 0 aliphatic carbocycles. The quantitative estimate of drug-likeness (QED) is 0.369. The number of hydrogen-bond acceptors (Lipinski definition) is 1. The highest BCUT2D eigenvalue weighted by Crippen LogP contribution is 2.22. The number of rotatable bonds is 0. The molecule has 0 saturated carbocycles. The summed E-state index contributed by atoms with van der Waals surface area (Å²) in [5.74, 6) is 0. The number of nitrogens with zero attached hydrogens (tertiary/aromatic N) is 1. The highest BCUT2D eigenvalue weighted by molar-refractivity contribution is 6.04. The van der Waals surface area contributed by atoms with Gasteiger partial charge in [0, 0.05) is 17.0 Å². The van der Waals surface area contributed by atoms with Crippen LogP contribution >= 0.6 is 0 Å². The standard InChI is InChI=1S/C13H9N.2C5H12.C2H6/c1-2-6-12-10(4-1)7-8-11-5-3-9-14-13(11)12;2*1-5(2,3)4;1-2/h1-9H;2*1-4H3;1-2H3. The van der Waals surface area contributed by atoms with Crippen molar-refractivity contribution in [1.82, 2.24) is 4.98 Å². The van der Waals surface area contributed by atoms with Crippen molar-refractivity contribution in [3.8, 4) is 0 Å². The van der Waals surface area contributed by atoms with Gasteiger partial charge in [-0.2, -0.15) is 0 Å². The number of aromatic nitrogens is 1. The molecule has 0 N–H and O–H groups in total. The first kappa shape index (κ1) is 24.1. The van der Waals surface area contributed by atoms with E-state index in [0.29, 0.717) is 10.8 Å². The van der Waals surface area contributed by atoms with Crippen LogP contribution in [0.2, 0.25) is 0 Å². The first-order chi connectivity index (χ1) is 11.9. The second-order valence-corrected chi connectivity index (χ2v) is 9.36. The molecule has 0 radical (unpaired) electrons. The Bertz CT molecular complexity index is 679. The molecule has 1 heteroatoms.